The number of hydrogen-bond acceptors (Lipinski definition) is 3. The Hall–Kier alpha value is -1.26. The molecule has 1 aromatic rings. The second kappa shape index (κ2) is 7.10. The zero-order valence-electron chi connectivity index (χ0n) is 13.6. The summed E-state index contributed by atoms with van der Waals surface area (Å²) in [4.78, 5) is 25.9. The Kier molecular flexibility index (Phi) is 5.58. The van der Waals surface area contributed by atoms with Gasteiger partial charge in [-0.05, 0) is 44.9 Å². The van der Waals surface area contributed by atoms with Crippen LogP contribution in [0, 0.1) is 5.92 Å². The van der Waals surface area contributed by atoms with Gasteiger partial charge in [-0.2, -0.15) is 0 Å². The van der Waals surface area contributed by atoms with E-state index in [1.165, 1.54) is 0 Å². The minimum atomic E-state index is -0.544. The molecule has 2 rings (SSSR count). The average Bonchev–Trinajstić information content (AvgIpc) is 2.43. The van der Waals surface area contributed by atoms with Crippen molar-refractivity contribution in [1.29, 1.82) is 0 Å². The van der Waals surface area contributed by atoms with E-state index >= 15 is 0 Å². The number of ketones is 1. The number of carbonyl (C=O) groups is 2. The summed E-state index contributed by atoms with van der Waals surface area (Å²) in [5, 5.41) is 0.956. The molecule has 0 radical (unpaired) electrons. The van der Waals surface area contributed by atoms with Crippen molar-refractivity contribution in [2.24, 2.45) is 5.92 Å². The molecule has 1 heterocycles. The first-order valence-corrected chi connectivity index (χ1v) is 8.36. The van der Waals surface area contributed by atoms with Crippen LogP contribution in [0.1, 0.15) is 32.8 Å². The molecule has 4 nitrogen and oxygen atoms in total. The molecule has 1 saturated heterocycles. The van der Waals surface area contributed by atoms with Crippen molar-refractivity contribution in [3.05, 3.63) is 33.8 Å². The zero-order valence-corrected chi connectivity index (χ0v) is 15.1. The molecule has 1 fully saturated rings. The van der Waals surface area contributed by atoms with Crippen molar-refractivity contribution < 1.29 is 14.3 Å². The maximum Gasteiger partial charge on any atom is 0.410 e. The Bertz CT molecular complexity index is 610. The van der Waals surface area contributed by atoms with E-state index in [9.17, 15) is 9.59 Å². The van der Waals surface area contributed by atoms with Gasteiger partial charge in [0, 0.05) is 25.4 Å². The maximum absolute atomic E-state index is 12.2. The summed E-state index contributed by atoms with van der Waals surface area (Å²) >= 11 is 11.9. The normalized spacial score (nSPS) is 18.9. The topological polar surface area (TPSA) is 46.6 Å². The smallest absolute Gasteiger partial charge is 0.410 e. The summed E-state index contributed by atoms with van der Waals surface area (Å²) in [6.07, 6.45) is 0.518. The summed E-state index contributed by atoms with van der Waals surface area (Å²) < 4.78 is 5.38. The van der Waals surface area contributed by atoms with Gasteiger partial charge >= 0.3 is 6.09 Å². The molecular weight excluding hydrogens is 337 g/mol. The number of ether oxygens (including phenoxy) is 1. The molecule has 1 aliphatic heterocycles. The number of halogens is 2. The van der Waals surface area contributed by atoms with Crippen molar-refractivity contribution in [1.82, 2.24) is 4.90 Å². The average molecular weight is 358 g/mol. The quantitative estimate of drug-likeness (QED) is 0.789. The summed E-state index contributed by atoms with van der Waals surface area (Å²) in [7, 11) is 0. The first kappa shape index (κ1) is 18.1. The summed E-state index contributed by atoms with van der Waals surface area (Å²) in [5.74, 6) is -0.0793. The number of rotatable bonds is 2. The largest absolute Gasteiger partial charge is 0.444 e. The van der Waals surface area contributed by atoms with Crippen LogP contribution in [0.4, 0.5) is 4.79 Å². The Morgan fingerprint density at radius 1 is 1.30 bits per heavy atom. The fourth-order valence-corrected chi connectivity index (χ4v) is 2.85. The van der Waals surface area contributed by atoms with E-state index in [-0.39, 0.29) is 17.8 Å². The number of amides is 1. The number of Topliss-reactive ketones (excluding diaryl/α,β-unsaturated/α-hetero) is 1. The number of piperidine rings is 1. The lowest BCUT2D eigenvalue weighted by molar-refractivity contribution is -0.125. The van der Waals surface area contributed by atoms with E-state index in [2.05, 4.69) is 0 Å². The van der Waals surface area contributed by atoms with Gasteiger partial charge in [0.2, 0.25) is 0 Å². The van der Waals surface area contributed by atoms with Crippen molar-refractivity contribution in [2.45, 2.75) is 39.2 Å². The number of hydrogen-bond donors (Lipinski definition) is 0. The van der Waals surface area contributed by atoms with Crippen LogP contribution in [0.25, 0.3) is 0 Å². The van der Waals surface area contributed by atoms with Crippen LogP contribution in [0.3, 0.4) is 0 Å². The monoisotopic (exact) mass is 357 g/mol. The zero-order chi connectivity index (χ0) is 17.2. The van der Waals surface area contributed by atoms with E-state index in [1.54, 1.807) is 17.0 Å². The van der Waals surface area contributed by atoms with Gasteiger partial charge in [-0.15, -0.1) is 0 Å². The number of likely N-dealkylation sites (tertiary alicyclic amines) is 1. The Labute approximate surface area is 146 Å². The molecule has 6 heteroatoms. The van der Waals surface area contributed by atoms with Gasteiger partial charge in [-0.3, -0.25) is 4.79 Å². The van der Waals surface area contributed by atoms with Gasteiger partial charge in [0.05, 0.1) is 10.0 Å². The maximum atomic E-state index is 12.2. The lowest BCUT2D eigenvalue weighted by Gasteiger charge is -2.33. The molecule has 0 aromatic heterocycles. The predicted octanol–water partition coefficient (Wildman–Crippen LogP) is 4.36. The van der Waals surface area contributed by atoms with E-state index in [0.717, 1.165) is 5.56 Å². The standard InChI is InChI=1S/C17H21Cl2NO3/c1-17(2,3)23-16(22)20-7-6-15(21)12(10-20)8-11-4-5-13(18)14(19)9-11/h4-5,9,12H,6-8,10H2,1-3H3. The third-order valence-corrected chi connectivity index (χ3v) is 4.38. The minimum absolute atomic E-state index is 0.163. The Balaban J connectivity index is 2.04. The highest BCUT2D eigenvalue weighted by Gasteiger charge is 2.32. The molecule has 0 bridgehead atoms. The molecule has 0 aliphatic carbocycles. The molecule has 0 N–H and O–H groups in total. The van der Waals surface area contributed by atoms with Gasteiger partial charge in [-0.1, -0.05) is 29.3 Å². The SMILES string of the molecule is CC(C)(C)OC(=O)N1CCC(=O)C(Cc2ccc(Cl)c(Cl)c2)C1. The molecular formula is C17H21Cl2NO3. The van der Waals surface area contributed by atoms with E-state index in [1.807, 2.05) is 26.8 Å². The molecule has 1 amide bonds. The highest BCUT2D eigenvalue weighted by atomic mass is 35.5. The van der Waals surface area contributed by atoms with Crippen LogP contribution in [-0.4, -0.2) is 35.5 Å². The van der Waals surface area contributed by atoms with Crippen LogP contribution in [0.2, 0.25) is 10.0 Å². The third-order valence-electron chi connectivity index (χ3n) is 3.64. The van der Waals surface area contributed by atoms with Crippen molar-refractivity contribution in [2.75, 3.05) is 13.1 Å². The summed E-state index contributed by atoms with van der Waals surface area (Å²) in [5.41, 5.74) is 0.390. The van der Waals surface area contributed by atoms with Gasteiger partial charge in [0.25, 0.3) is 0 Å². The fraction of sp³-hybridized carbons (Fsp3) is 0.529. The number of nitrogens with zero attached hydrogens (tertiary/aromatic N) is 1. The van der Waals surface area contributed by atoms with Crippen molar-refractivity contribution >= 4 is 35.1 Å². The first-order chi connectivity index (χ1) is 10.7. The van der Waals surface area contributed by atoms with Crippen LogP contribution in [0.5, 0.6) is 0 Å². The Morgan fingerprint density at radius 3 is 2.61 bits per heavy atom. The highest BCUT2D eigenvalue weighted by Crippen LogP contribution is 2.26. The first-order valence-electron chi connectivity index (χ1n) is 7.60. The molecule has 126 valence electrons. The van der Waals surface area contributed by atoms with Crippen molar-refractivity contribution in [3.63, 3.8) is 0 Å². The lowest BCUT2D eigenvalue weighted by atomic mass is 9.90. The van der Waals surface area contributed by atoms with E-state index < -0.39 is 5.60 Å². The summed E-state index contributed by atoms with van der Waals surface area (Å²) in [6.45, 7) is 6.26. The number of benzene rings is 1. The third kappa shape index (κ3) is 5.11. The van der Waals surface area contributed by atoms with Gasteiger partial charge in [0.15, 0.2) is 0 Å². The van der Waals surface area contributed by atoms with Crippen LogP contribution in [-0.2, 0) is 16.0 Å². The molecule has 0 spiro atoms. The van der Waals surface area contributed by atoms with Gasteiger partial charge < -0.3 is 9.64 Å². The minimum Gasteiger partial charge on any atom is -0.444 e. The molecule has 1 unspecified atom stereocenters. The second-order valence-electron chi connectivity index (χ2n) is 6.79. The van der Waals surface area contributed by atoms with Gasteiger partial charge in [-0.25, -0.2) is 4.79 Å². The van der Waals surface area contributed by atoms with Gasteiger partial charge in [0.1, 0.15) is 11.4 Å². The lowest BCUT2D eigenvalue weighted by Crippen LogP contribution is -2.46. The molecule has 23 heavy (non-hydrogen) atoms. The van der Waals surface area contributed by atoms with Crippen LogP contribution >= 0.6 is 23.2 Å². The molecule has 0 saturated carbocycles. The fourth-order valence-electron chi connectivity index (χ4n) is 2.53. The second-order valence-corrected chi connectivity index (χ2v) is 7.61. The van der Waals surface area contributed by atoms with Crippen LogP contribution < -0.4 is 0 Å². The Morgan fingerprint density at radius 2 is 2.00 bits per heavy atom. The molecule has 1 atom stereocenters. The van der Waals surface area contributed by atoms with Crippen molar-refractivity contribution in [3.8, 4) is 0 Å². The number of carbonyl (C=O) groups excluding carboxylic acids is 2. The molecule has 1 aliphatic rings. The van der Waals surface area contributed by atoms with Crippen LogP contribution in [0.15, 0.2) is 18.2 Å². The molecule has 1 aromatic carbocycles. The summed E-state index contributed by atoms with van der Waals surface area (Å²) in [6, 6.07) is 5.34. The van der Waals surface area contributed by atoms with E-state index in [0.29, 0.717) is 36.0 Å². The highest BCUT2D eigenvalue weighted by molar-refractivity contribution is 6.42. The predicted molar refractivity (Wildman–Crippen MR) is 91.1 cm³/mol. The van der Waals surface area contributed by atoms with E-state index in [4.69, 9.17) is 27.9 Å².